The Balaban J connectivity index is 2.70. The predicted octanol–water partition coefficient (Wildman–Crippen LogP) is 5.59. The number of aryl methyl sites for hydroxylation is 1. The van der Waals surface area contributed by atoms with Gasteiger partial charge in [-0.25, -0.2) is 0 Å². The molecule has 0 bridgehead atoms. The predicted molar refractivity (Wildman–Crippen MR) is 109 cm³/mol. The number of rotatable bonds is 5. The van der Waals surface area contributed by atoms with Gasteiger partial charge in [-0.15, -0.1) is 0 Å². The Morgan fingerprint density at radius 3 is 2.38 bits per heavy atom. The summed E-state index contributed by atoms with van der Waals surface area (Å²) in [5.74, 6) is 1.09. The molecule has 1 aliphatic rings. The first-order valence-electron chi connectivity index (χ1n) is 8.85. The fourth-order valence-electron chi connectivity index (χ4n) is 3.62. The molecule has 0 fully saturated rings. The highest BCUT2D eigenvalue weighted by Crippen LogP contribution is 2.36. The molecule has 0 spiro atoms. The van der Waals surface area contributed by atoms with Crippen molar-refractivity contribution in [2.45, 2.75) is 59.5 Å². The molecule has 130 valence electrons. The number of allylic oxidation sites excluding steroid dienone is 4. The third-order valence-electron chi connectivity index (χ3n) is 4.98. The molecule has 1 aliphatic carbocycles. The zero-order valence-electron chi connectivity index (χ0n) is 16.4. The Kier molecular flexibility index (Phi) is 5.29. The van der Waals surface area contributed by atoms with Gasteiger partial charge in [-0.05, 0) is 36.4 Å². The third kappa shape index (κ3) is 3.59. The van der Waals surface area contributed by atoms with E-state index in [4.69, 9.17) is 4.74 Å². The highest BCUT2D eigenvalue weighted by molar-refractivity contribution is 6.96. The molecule has 0 saturated heterocycles. The van der Waals surface area contributed by atoms with Crippen molar-refractivity contribution in [3.8, 4) is 5.75 Å². The topological polar surface area (TPSA) is 9.23 Å². The van der Waals surface area contributed by atoms with E-state index in [1.807, 2.05) is 6.08 Å². The summed E-state index contributed by atoms with van der Waals surface area (Å²) in [4.78, 5) is 0. The van der Waals surface area contributed by atoms with Gasteiger partial charge in [0.05, 0.1) is 0 Å². The van der Waals surface area contributed by atoms with Crippen LogP contribution in [0, 0.1) is 6.92 Å². The van der Waals surface area contributed by atoms with Crippen molar-refractivity contribution in [2.24, 2.45) is 0 Å². The summed E-state index contributed by atoms with van der Waals surface area (Å²) in [6.07, 6.45) is 7.50. The minimum Gasteiger partial charge on any atom is -0.489 e. The molecule has 0 heterocycles. The summed E-state index contributed by atoms with van der Waals surface area (Å²) in [6.45, 7) is 20.6. The van der Waals surface area contributed by atoms with Crippen molar-refractivity contribution in [3.05, 3.63) is 58.8 Å². The molecule has 1 aromatic carbocycles. The highest BCUT2D eigenvalue weighted by atomic mass is 28.3. The first-order chi connectivity index (χ1) is 11.1. The van der Waals surface area contributed by atoms with Crippen LogP contribution in [0.2, 0.25) is 13.1 Å². The van der Waals surface area contributed by atoms with Crippen molar-refractivity contribution in [3.63, 3.8) is 0 Å². The number of ether oxygens (including phenoxy) is 1. The van der Waals surface area contributed by atoms with Gasteiger partial charge in [0.1, 0.15) is 20.4 Å². The molecular formula is C22H32OSi. The molecule has 1 nitrogen and oxygen atoms in total. The fraction of sp³-hybridized carbons (Fsp3) is 0.455. The van der Waals surface area contributed by atoms with Gasteiger partial charge >= 0.3 is 0 Å². The van der Waals surface area contributed by atoms with Crippen LogP contribution < -0.4 is 9.92 Å². The van der Waals surface area contributed by atoms with Crippen LogP contribution in [0.4, 0.5) is 0 Å². The van der Waals surface area contributed by atoms with Crippen LogP contribution in [0.5, 0.6) is 5.75 Å². The first kappa shape index (κ1) is 18.8. The summed E-state index contributed by atoms with van der Waals surface area (Å²) in [5, 5.41) is 3.05. The Morgan fingerprint density at radius 2 is 1.88 bits per heavy atom. The molecule has 0 aliphatic heterocycles. The molecule has 0 atom stereocenters. The standard InChI is InChI=1S/C22H32OSi/c1-9-13-23-21-18(22(4,5)6)14-16(2)15-20(21)24(7,8)19-12-10-11-17(19)3/h9-11,14-15H,1,12-13H2,2-8H3. The Labute approximate surface area is 149 Å². The van der Waals surface area contributed by atoms with Gasteiger partial charge in [0.15, 0.2) is 0 Å². The summed E-state index contributed by atoms with van der Waals surface area (Å²) in [6, 6.07) is 4.65. The molecule has 2 heteroatoms. The molecule has 0 amide bonds. The van der Waals surface area contributed by atoms with Gasteiger partial charge in [-0.2, -0.15) is 0 Å². The quantitative estimate of drug-likeness (QED) is 0.501. The maximum absolute atomic E-state index is 6.25. The van der Waals surface area contributed by atoms with Crippen molar-refractivity contribution in [1.82, 2.24) is 0 Å². The van der Waals surface area contributed by atoms with E-state index in [0.29, 0.717) is 6.61 Å². The second-order valence-corrected chi connectivity index (χ2v) is 12.8. The second-order valence-electron chi connectivity index (χ2n) is 8.43. The number of hydrogen-bond donors (Lipinski definition) is 0. The van der Waals surface area contributed by atoms with Crippen molar-refractivity contribution in [1.29, 1.82) is 0 Å². The van der Waals surface area contributed by atoms with Gasteiger partial charge in [0.2, 0.25) is 0 Å². The molecule has 0 unspecified atom stereocenters. The van der Waals surface area contributed by atoms with Gasteiger partial charge in [0.25, 0.3) is 0 Å². The van der Waals surface area contributed by atoms with Crippen molar-refractivity contribution >= 4 is 13.3 Å². The normalized spacial score (nSPS) is 15.1. The minimum atomic E-state index is -1.79. The zero-order valence-corrected chi connectivity index (χ0v) is 17.4. The average molecular weight is 341 g/mol. The SMILES string of the molecule is C=CCOc1c(C(C)(C)C)cc(C)cc1[Si](C)(C)C1=C(C)C=CC1. The summed E-state index contributed by atoms with van der Waals surface area (Å²) in [7, 11) is -1.79. The van der Waals surface area contributed by atoms with Crippen molar-refractivity contribution in [2.75, 3.05) is 6.61 Å². The van der Waals surface area contributed by atoms with Gasteiger partial charge in [0, 0.05) is 0 Å². The smallest absolute Gasteiger partial charge is 0.123 e. The molecule has 0 radical (unpaired) electrons. The third-order valence-corrected chi connectivity index (χ3v) is 8.81. The maximum Gasteiger partial charge on any atom is 0.123 e. The lowest BCUT2D eigenvalue weighted by molar-refractivity contribution is 0.354. The monoisotopic (exact) mass is 340 g/mol. The van der Waals surface area contributed by atoms with Crippen LogP contribution in [0.3, 0.4) is 0 Å². The lowest BCUT2D eigenvalue weighted by Gasteiger charge is -2.32. The molecule has 24 heavy (non-hydrogen) atoms. The number of hydrogen-bond acceptors (Lipinski definition) is 1. The molecule has 0 aromatic heterocycles. The molecule has 0 N–H and O–H groups in total. The summed E-state index contributed by atoms with van der Waals surface area (Å²) < 4.78 is 6.25. The number of benzene rings is 1. The Hall–Kier alpha value is -1.54. The van der Waals surface area contributed by atoms with Gasteiger partial charge in [-0.1, -0.05) is 87.1 Å². The van der Waals surface area contributed by atoms with E-state index < -0.39 is 8.07 Å². The fourth-order valence-corrected chi connectivity index (χ4v) is 7.00. The molecule has 2 rings (SSSR count). The van der Waals surface area contributed by atoms with E-state index in [0.717, 1.165) is 12.2 Å². The Morgan fingerprint density at radius 1 is 1.21 bits per heavy atom. The van der Waals surface area contributed by atoms with E-state index in [9.17, 15) is 0 Å². The zero-order chi connectivity index (χ0) is 18.1. The first-order valence-corrected chi connectivity index (χ1v) is 11.8. The maximum atomic E-state index is 6.25. The van der Waals surface area contributed by atoms with Crippen LogP contribution in [-0.4, -0.2) is 14.7 Å². The highest BCUT2D eigenvalue weighted by Gasteiger charge is 2.35. The van der Waals surface area contributed by atoms with E-state index in [1.165, 1.54) is 21.9 Å². The second kappa shape index (κ2) is 6.76. The minimum absolute atomic E-state index is 0.0547. The lowest BCUT2D eigenvalue weighted by Crippen LogP contribution is -2.45. The largest absolute Gasteiger partial charge is 0.489 e. The van der Waals surface area contributed by atoms with Crippen LogP contribution in [0.1, 0.15) is 45.2 Å². The molecular weight excluding hydrogens is 308 g/mol. The molecule has 0 saturated carbocycles. The van der Waals surface area contributed by atoms with E-state index in [-0.39, 0.29) is 5.41 Å². The van der Waals surface area contributed by atoms with Gasteiger partial charge < -0.3 is 4.74 Å². The average Bonchev–Trinajstić information content (AvgIpc) is 2.91. The summed E-state index contributed by atoms with van der Waals surface area (Å²) in [5.41, 5.74) is 4.13. The van der Waals surface area contributed by atoms with Crippen LogP contribution in [0.25, 0.3) is 0 Å². The van der Waals surface area contributed by atoms with Crippen LogP contribution in [0.15, 0.2) is 47.7 Å². The Bertz CT molecular complexity index is 699. The van der Waals surface area contributed by atoms with E-state index >= 15 is 0 Å². The van der Waals surface area contributed by atoms with Crippen LogP contribution in [-0.2, 0) is 5.41 Å². The van der Waals surface area contributed by atoms with Gasteiger partial charge in [-0.3, -0.25) is 0 Å². The van der Waals surface area contributed by atoms with E-state index in [1.54, 1.807) is 5.20 Å². The van der Waals surface area contributed by atoms with Crippen LogP contribution >= 0.6 is 0 Å². The van der Waals surface area contributed by atoms with Crippen molar-refractivity contribution < 1.29 is 4.74 Å². The molecule has 1 aromatic rings. The summed E-state index contributed by atoms with van der Waals surface area (Å²) >= 11 is 0. The van der Waals surface area contributed by atoms with E-state index in [2.05, 4.69) is 78.6 Å². The lowest BCUT2D eigenvalue weighted by atomic mass is 9.85.